The van der Waals surface area contributed by atoms with Gasteiger partial charge in [0.1, 0.15) is 5.75 Å². The number of fused-ring (bicyclic) bond motifs is 1. The van der Waals surface area contributed by atoms with Crippen LogP contribution in [0.15, 0.2) is 59.1 Å². The molecule has 1 fully saturated rings. The molecule has 0 radical (unpaired) electrons. The average molecular weight is 469 g/mol. The molecule has 2 amide bonds. The quantitative estimate of drug-likeness (QED) is 0.565. The Hall–Kier alpha value is -2.77. The molecule has 2 N–H and O–H groups in total. The molecular weight excluding hydrogens is 444 g/mol. The summed E-state index contributed by atoms with van der Waals surface area (Å²) in [5.74, 6) is 0.810. The zero-order valence-electron chi connectivity index (χ0n) is 17.1. The number of rotatable bonds is 4. The number of urea groups is 1. The molecule has 0 atom stereocenters. The molecule has 3 aromatic carbocycles. The summed E-state index contributed by atoms with van der Waals surface area (Å²) in [4.78, 5) is 17.3. The molecule has 0 unspecified atom stereocenters. The summed E-state index contributed by atoms with van der Waals surface area (Å²) in [6.45, 7) is 3.84. The van der Waals surface area contributed by atoms with Crippen LogP contribution in [0.3, 0.4) is 0 Å². The van der Waals surface area contributed by atoms with Crippen molar-refractivity contribution in [3.05, 3.63) is 59.1 Å². The molecule has 1 saturated heterocycles. The molecule has 0 aromatic heterocycles. The molecule has 0 saturated carbocycles. The smallest absolute Gasteiger partial charge is 0.323 e. The number of benzene rings is 3. The number of nitrogens with zero attached hydrogens (tertiary/aromatic N) is 2. The number of ether oxygens (including phenoxy) is 1. The number of halogens is 1. The van der Waals surface area contributed by atoms with Crippen molar-refractivity contribution in [1.82, 2.24) is 4.90 Å². The first-order valence-corrected chi connectivity index (χ1v) is 10.7. The number of amides is 2. The molecule has 0 bridgehead atoms. The molecule has 3 aromatic rings. The van der Waals surface area contributed by atoms with Gasteiger partial charge >= 0.3 is 6.03 Å². The van der Waals surface area contributed by atoms with Crippen LogP contribution >= 0.6 is 15.9 Å². The summed E-state index contributed by atoms with van der Waals surface area (Å²) in [5, 5.41) is 7.96. The van der Waals surface area contributed by atoms with Crippen molar-refractivity contribution in [2.45, 2.75) is 0 Å². The maximum atomic E-state index is 12.7. The third-order valence-corrected chi connectivity index (χ3v) is 6.09. The number of piperazine rings is 1. The van der Waals surface area contributed by atoms with Gasteiger partial charge in [0.25, 0.3) is 0 Å². The number of hydrogen-bond acceptors (Lipinski definition) is 4. The van der Waals surface area contributed by atoms with Crippen molar-refractivity contribution >= 4 is 49.8 Å². The van der Waals surface area contributed by atoms with E-state index in [0.29, 0.717) is 0 Å². The lowest BCUT2D eigenvalue weighted by atomic mass is 10.1. The average Bonchev–Trinajstić information content (AvgIpc) is 2.75. The fourth-order valence-corrected chi connectivity index (χ4v) is 4.23. The van der Waals surface area contributed by atoms with Crippen LogP contribution < -0.4 is 20.3 Å². The Bertz CT molecular complexity index is 1060. The van der Waals surface area contributed by atoms with E-state index in [2.05, 4.69) is 43.4 Å². The molecule has 1 aliphatic rings. The fraction of sp³-hybridized carbons (Fsp3) is 0.261. The van der Waals surface area contributed by atoms with Gasteiger partial charge in [0.2, 0.25) is 0 Å². The second-order valence-corrected chi connectivity index (χ2v) is 8.25. The topological polar surface area (TPSA) is 56.8 Å². The highest BCUT2D eigenvalue weighted by Gasteiger charge is 2.18. The summed E-state index contributed by atoms with van der Waals surface area (Å²) >= 11 is 3.57. The largest absolute Gasteiger partial charge is 0.495 e. The van der Waals surface area contributed by atoms with Gasteiger partial charge in [-0.25, -0.2) is 4.79 Å². The molecule has 0 aliphatic carbocycles. The molecule has 0 spiro atoms. The Morgan fingerprint density at radius 3 is 2.47 bits per heavy atom. The van der Waals surface area contributed by atoms with Crippen LogP contribution in [0.5, 0.6) is 5.75 Å². The van der Waals surface area contributed by atoms with Crippen LogP contribution in [-0.2, 0) is 0 Å². The van der Waals surface area contributed by atoms with Crippen molar-refractivity contribution in [2.24, 2.45) is 0 Å². The second kappa shape index (κ2) is 8.93. The van der Waals surface area contributed by atoms with Crippen LogP contribution in [0.25, 0.3) is 10.8 Å². The van der Waals surface area contributed by atoms with Crippen LogP contribution in [-0.4, -0.2) is 51.3 Å². The number of hydrogen-bond donors (Lipinski definition) is 2. The van der Waals surface area contributed by atoms with Gasteiger partial charge < -0.3 is 25.2 Å². The first-order chi connectivity index (χ1) is 14.5. The van der Waals surface area contributed by atoms with Crippen molar-refractivity contribution < 1.29 is 9.53 Å². The Balaban J connectivity index is 1.52. The normalized spacial score (nSPS) is 14.6. The fourth-order valence-electron chi connectivity index (χ4n) is 3.73. The Morgan fingerprint density at radius 1 is 0.967 bits per heavy atom. The molecule has 7 heteroatoms. The van der Waals surface area contributed by atoms with Gasteiger partial charge in [-0.05, 0) is 42.8 Å². The predicted octanol–water partition coefficient (Wildman–Crippen LogP) is 5.01. The summed E-state index contributed by atoms with van der Waals surface area (Å²) < 4.78 is 6.55. The molecule has 6 nitrogen and oxygen atoms in total. The van der Waals surface area contributed by atoms with Gasteiger partial charge in [-0.2, -0.15) is 0 Å². The lowest BCUT2D eigenvalue weighted by molar-refractivity contribution is 0.262. The third-order valence-electron chi connectivity index (χ3n) is 5.40. The predicted molar refractivity (Wildman–Crippen MR) is 127 cm³/mol. The van der Waals surface area contributed by atoms with Gasteiger partial charge in [0.05, 0.1) is 18.5 Å². The third kappa shape index (κ3) is 4.37. The monoisotopic (exact) mass is 468 g/mol. The van der Waals surface area contributed by atoms with Crippen molar-refractivity contribution in [2.75, 3.05) is 55.9 Å². The van der Waals surface area contributed by atoms with Gasteiger partial charge in [-0.3, -0.25) is 0 Å². The molecule has 4 rings (SSSR count). The van der Waals surface area contributed by atoms with E-state index < -0.39 is 0 Å². The number of likely N-dealkylation sites (N-methyl/N-ethyl adjacent to an activating group) is 1. The molecular formula is C23H25BrN4O2. The number of anilines is 3. The summed E-state index contributed by atoms with van der Waals surface area (Å²) in [6, 6.07) is 17.3. The van der Waals surface area contributed by atoms with Crippen molar-refractivity contribution in [3.8, 4) is 5.75 Å². The highest BCUT2D eigenvalue weighted by molar-refractivity contribution is 9.10. The van der Waals surface area contributed by atoms with E-state index in [-0.39, 0.29) is 6.03 Å². The van der Waals surface area contributed by atoms with Gasteiger partial charge in [-0.1, -0.05) is 40.2 Å². The van der Waals surface area contributed by atoms with E-state index in [1.54, 1.807) is 7.11 Å². The minimum absolute atomic E-state index is 0.281. The van der Waals surface area contributed by atoms with E-state index in [9.17, 15) is 4.79 Å². The zero-order valence-corrected chi connectivity index (χ0v) is 18.7. The number of carbonyl (C=O) groups is 1. The van der Waals surface area contributed by atoms with Crippen LogP contribution in [0.2, 0.25) is 0 Å². The van der Waals surface area contributed by atoms with Crippen LogP contribution in [0, 0.1) is 0 Å². The summed E-state index contributed by atoms with van der Waals surface area (Å²) in [6.07, 6.45) is 0. The number of nitrogens with one attached hydrogen (secondary N) is 2. The lowest BCUT2D eigenvalue weighted by Gasteiger charge is -2.34. The van der Waals surface area contributed by atoms with E-state index in [4.69, 9.17) is 4.74 Å². The highest BCUT2D eigenvalue weighted by Crippen LogP contribution is 2.33. The number of carbonyl (C=O) groups excluding carboxylic acids is 1. The molecule has 1 heterocycles. The SMILES string of the molecule is COc1ccc(NC(=O)Nc2cccc3c(Br)cccc23)cc1N1CCN(C)CC1. The van der Waals surface area contributed by atoms with E-state index in [1.165, 1.54) is 0 Å². The van der Waals surface area contributed by atoms with E-state index >= 15 is 0 Å². The van der Waals surface area contributed by atoms with Gasteiger partial charge in [0, 0.05) is 41.7 Å². The first kappa shape index (κ1) is 20.5. The minimum atomic E-state index is -0.281. The van der Waals surface area contributed by atoms with Crippen molar-refractivity contribution in [3.63, 3.8) is 0 Å². The molecule has 30 heavy (non-hydrogen) atoms. The van der Waals surface area contributed by atoms with Gasteiger partial charge in [-0.15, -0.1) is 0 Å². The highest BCUT2D eigenvalue weighted by atomic mass is 79.9. The Morgan fingerprint density at radius 2 is 1.70 bits per heavy atom. The second-order valence-electron chi connectivity index (χ2n) is 7.40. The molecule has 1 aliphatic heterocycles. The minimum Gasteiger partial charge on any atom is -0.495 e. The summed E-state index contributed by atoms with van der Waals surface area (Å²) in [5.41, 5.74) is 2.49. The zero-order chi connectivity index (χ0) is 21.1. The maximum absolute atomic E-state index is 12.7. The first-order valence-electron chi connectivity index (χ1n) is 9.92. The number of methoxy groups -OCH3 is 1. The Labute approximate surface area is 184 Å². The van der Waals surface area contributed by atoms with Crippen LogP contribution in [0.1, 0.15) is 0 Å². The van der Waals surface area contributed by atoms with E-state index in [0.717, 1.165) is 64.2 Å². The van der Waals surface area contributed by atoms with E-state index in [1.807, 2.05) is 54.6 Å². The van der Waals surface area contributed by atoms with Crippen molar-refractivity contribution in [1.29, 1.82) is 0 Å². The van der Waals surface area contributed by atoms with Crippen LogP contribution in [0.4, 0.5) is 21.9 Å². The maximum Gasteiger partial charge on any atom is 0.323 e. The standard InChI is InChI=1S/C23H25BrN4O2/c1-27-11-13-28(14-12-27)21-15-16(9-10-22(21)30-2)25-23(29)26-20-8-4-5-17-18(20)6-3-7-19(17)24/h3-10,15H,11-14H2,1-2H3,(H2,25,26,29). The lowest BCUT2D eigenvalue weighted by Crippen LogP contribution is -2.44. The van der Waals surface area contributed by atoms with Gasteiger partial charge in [0.15, 0.2) is 0 Å². The molecule has 156 valence electrons. The summed E-state index contributed by atoms with van der Waals surface area (Å²) in [7, 11) is 3.80. The Kier molecular flexibility index (Phi) is 6.11.